The highest BCUT2D eigenvalue weighted by Gasteiger charge is 2.04. The van der Waals surface area contributed by atoms with Crippen molar-refractivity contribution >= 4 is 22.6 Å². The van der Waals surface area contributed by atoms with Gasteiger partial charge in [0, 0.05) is 12.7 Å². The summed E-state index contributed by atoms with van der Waals surface area (Å²) in [5.74, 6) is 0. The molecular weight excluding hydrogens is 270 g/mol. The summed E-state index contributed by atoms with van der Waals surface area (Å²) in [5.41, 5.74) is 1.55. The Morgan fingerprint density at radius 2 is 2.42 bits per heavy atom. The molecular formula is C8H10FIN2. The molecule has 1 aromatic rings. The Labute approximate surface area is 84.7 Å². The van der Waals surface area contributed by atoms with E-state index < -0.39 is 4.18 Å². The highest BCUT2D eigenvalue weighted by atomic mass is 127. The molecule has 1 N–H and O–H groups in total. The predicted octanol–water partition coefficient (Wildman–Crippen LogP) is 2.20. The van der Waals surface area contributed by atoms with Crippen LogP contribution in [0.2, 0.25) is 0 Å². The van der Waals surface area contributed by atoms with E-state index >= 15 is 0 Å². The van der Waals surface area contributed by atoms with Crippen molar-refractivity contribution in [2.24, 2.45) is 0 Å². The molecule has 4 heteroatoms. The van der Waals surface area contributed by atoms with Gasteiger partial charge in [-0.05, 0) is 41.3 Å². The zero-order valence-electron chi connectivity index (χ0n) is 6.72. The first-order valence-corrected chi connectivity index (χ1v) is 4.86. The lowest BCUT2D eigenvalue weighted by atomic mass is 10.2. The highest BCUT2D eigenvalue weighted by Crippen LogP contribution is 2.21. The monoisotopic (exact) mass is 280 g/mol. The van der Waals surface area contributed by atoms with Gasteiger partial charge in [-0.2, -0.15) is 0 Å². The van der Waals surface area contributed by atoms with Crippen molar-refractivity contribution in [1.29, 1.82) is 0 Å². The normalized spacial score (nSPS) is 12.9. The van der Waals surface area contributed by atoms with Gasteiger partial charge < -0.3 is 5.32 Å². The maximum atomic E-state index is 12.7. The number of halogens is 2. The fourth-order valence-corrected chi connectivity index (χ4v) is 1.24. The van der Waals surface area contributed by atoms with E-state index in [1.165, 1.54) is 0 Å². The number of aromatic nitrogens is 1. The molecule has 0 spiro atoms. The van der Waals surface area contributed by atoms with Crippen LogP contribution in [0.4, 0.5) is 4.39 Å². The van der Waals surface area contributed by atoms with Crippen molar-refractivity contribution in [2.45, 2.75) is 10.7 Å². The van der Waals surface area contributed by atoms with Crippen molar-refractivity contribution in [1.82, 2.24) is 10.3 Å². The van der Waals surface area contributed by atoms with E-state index in [0.29, 0.717) is 5.69 Å². The van der Waals surface area contributed by atoms with Crippen LogP contribution in [0, 0.1) is 0 Å². The number of alkyl halides is 2. The van der Waals surface area contributed by atoms with Gasteiger partial charge in [-0.15, -0.1) is 0 Å². The van der Waals surface area contributed by atoms with Crippen molar-refractivity contribution in [3.05, 3.63) is 29.6 Å². The molecule has 0 saturated carbocycles. The molecule has 1 unspecified atom stereocenters. The standard InChI is InChI=1S/C8H10FIN2/c1-11-4-6-2-3-7(8(9)10)12-5-6/h2-3,5,8,11H,4H2,1H3. The molecule has 12 heavy (non-hydrogen) atoms. The third-order valence-electron chi connectivity index (χ3n) is 1.45. The zero-order chi connectivity index (χ0) is 8.97. The summed E-state index contributed by atoms with van der Waals surface area (Å²) in [5, 5.41) is 3.00. The lowest BCUT2D eigenvalue weighted by Gasteiger charge is -2.01. The fraction of sp³-hybridized carbons (Fsp3) is 0.375. The smallest absolute Gasteiger partial charge is 0.192 e. The van der Waals surface area contributed by atoms with Crippen molar-refractivity contribution in [3.8, 4) is 0 Å². The first kappa shape index (κ1) is 9.85. The molecule has 66 valence electrons. The van der Waals surface area contributed by atoms with E-state index in [1.54, 1.807) is 34.9 Å². The Morgan fingerprint density at radius 1 is 1.67 bits per heavy atom. The van der Waals surface area contributed by atoms with Gasteiger partial charge in [-0.1, -0.05) is 6.07 Å². The molecule has 0 aliphatic heterocycles. The maximum Gasteiger partial charge on any atom is 0.192 e. The topological polar surface area (TPSA) is 24.9 Å². The van der Waals surface area contributed by atoms with Crippen molar-refractivity contribution in [3.63, 3.8) is 0 Å². The van der Waals surface area contributed by atoms with Crippen LogP contribution in [0.5, 0.6) is 0 Å². The average molecular weight is 280 g/mol. The first-order chi connectivity index (χ1) is 5.74. The molecule has 0 saturated heterocycles. The van der Waals surface area contributed by atoms with E-state index in [4.69, 9.17) is 0 Å². The number of rotatable bonds is 3. The molecule has 0 bridgehead atoms. The van der Waals surface area contributed by atoms with Crippen molar-refractivity contribution in [2.75, 3.05) is 7.05 Å². The second-order valence-corrected chi connectivity index (χ2v) is 3.52. The molecule has 1 aromatic heterocycles. The molecule has 2 nitrogen and oxygen atoms in total. The van der Waals surface area contributed by atoms with E-state index in [0.717, 1.165) is 12.1 Å². The lowest BCUT2D eigenvalue weighted by Crippen LogP contribution is -2.05. The SMILES string of the molecule is CNCc1ccc(C(F)I)nc1. The van der Waals surface area contributed by atoms with Crippen LogP contribution in [-0.4, -0.2) is 12.0 Å². The van der Waals surface area contributed by atoms with Gasteiger partial charge in [0.25, 0.3) is 0 Å². The molecule has 0 aliphatic rings. The van der Waals surface area contributed by atoms with Crippen LogP contribution in [-0.2, 0) is 6.54 Å². The number of pyridine rings is 1. The second-order valence-electron chi connectivity index (χ2n) is 2.42. The minimum Gasteiger partial charge on any atom is -0.316 e. The summed E-state index contributed by atoms with van der Waals surface area (Å²) in [6, 6.07) is 3.59. The van der Waals surface area contributed by atoms with Gasteiger partial charge in [0.15, 0.2) is 4.18 Å². The molecule has 1 atom stereocenters. The quantitative estimate of drug-likeness (QED) is 0.678. The Kier molecular flexibility index (Phi) is 3.87. The molecule has 0 radical (unpaired) electrons. The van der Waals surface area contributed by atoms with Gasteiger partial charge in [-0.25, -0.2) is 4.39 Å². The zero-order valence-corrected chi connectivity index (χ0v) is 8.88. The fourth-order valence-electron chi connectivity index (χ4n) is 0.874. The average Bonchev–Trinajstić information content (AvgIpc) is 2.06. The largest absolute Gasteiger partial charge is 0.316 e. The van der Waals surface area contributed by atoms with Crippen LogP contribution in [0.1, 0.15) is 15.4 Å². The Morgan fingerprint density at radius 3 is 2.83 bits per heavy atom. The van der Waals surface area contributed by atoms with E-state index in [1.807, 2.05) is 13.1 Å². The molecule has 0 amide bonds. The number of nitrogens with one attached hydrogen (secondary N) is 1. The maximum absolute atomic E-state index is 12.7. The van der Waals surface area contributed by atoms with Crippen LogP contribution in [0.25, 0.3) is 0 Å². The third-order valence-corrected chi connectivity index (χ3v) is 2.09. The van der Waals surface area contributed by atoms with E-state index in [2.05, 4.69) is 10.3 Å². The minimum atomic E-state index is -1.01. The Hall–Kier alpha value is -0.230. The van der Waals surface area contributed by atoms with Gasteiger partial charge in [0.05, 0.1) is 5.69 Å². The van der Waals surface area contributed by atoms with Crippen LogP contribution >= 0.6 is 22.6 Å². The molecule has 1 heterocycles. The summed E-state index contributed by atoms with van der Waals surface area (Å²) in [6.07, 6.45) is 1.69. The summed E-state index contributed by atoms with van der Waals surface area (Å²) in [4.78, 5) is 3.97. The van der Waals surface area contributed by atoms with E-state index in [9.17, 15) is 4.39 Å². The first-order valence-electron chi connectivity index (χ1n) is 3.61. The number of hydrogen-bond donors (Lipinski definition) is 1. The minimum absolute atomic E-state index is 0.482. The van der Waals surface area contributed by atoms with Gasteiger partial charge >= 0.3 is 0 Å². The summed E-state index contributed by atoms with van der Waals surface area (Å²) in [7, 11) is 1.87. The Balaban J connectivity index is 2.71. The van der Waals surface area contributed by atoms with Crippen molar-refractivity contribution < 1.29 is 4.39 Å². The molecule has 0 fully saturated rings. The predicted molar refractivity (Wildman–Crippen MR) is 54.9 cm³/mol. The summed E-state index contributed by atoms with van der Waals surface area (Å²) < 4.78 is 11.7. The molecule has 0 aliphatic carbocycles. The van der Waals surface area contributed by atoms with Gasteiger partial charge in [0.1, 0.15) is 0 Å². The van der Waals surface area contributed by atoms with Crippen LogP contribution in [0.15, 0.2) is 18.3 Å². The summed E-state index contributed by atoms with van der Waals surface area (Å²) in [6.45, 7) is 0.769. The highest BCUT2D eigenvalue weighted by molar-refractivity contribution is 14.1. The van der Waals surface area contributed by atoms with Crippen LogP contribution in [0.3, 0.4) is 0 Å². The van der Waals surface area contributed by atoms with Crippen LogP contribution < -0.4 is 5.32 Å². The van der Waals surface area contributed by atoms with Gasteiger partial charge in [-0.3, -0.25) is 4.98 Å². The third kappa shape index (κ3) is 2.67. The summed E-state index contributed by atoms with van der Waals surface area (Å²) >= 11 is 1.70. The lowest BCUT2D eigenvalue weighted by molar-refractivity contribution is 0.481. The Bertz CT molecular complexity index is 235. The number of nitrogens with zero attached hydrogens (tertiary/aromatic N) is 1. The van der Waals surface area contributed by atoms with E-state index in [-0.39, 0.29) is 0 Å². The number of hydrogen-bond acceptors (Lipinski definition) is 2. The second kappa shape index (κ2) is 4.71. The van der Waals surface area contributed by atoms with Gasteiger partial charge in [0.2, 0.25) is 0 Å². The molecule has 0 aromatic carbocycles. The molecule has 1 rings (SSSR count).